The number of ether oxygens (including phenoxy) is 1. The van der Waals surface area contributed by atoms with Gasteiger partial charge in [-0.2, -0.15) is 0 Å². The largest absolute Gasteiger partial charge is 0.573 e. The standard InChI is InChI=1S/C12H14F3N3O3/c1-7(18-11(16)20)10(19)17-6-8-2-4-9(5-3-8)21-12(13,14)15/h2-5,7H,6H2,1H3,(H,17,19)(H3,16,18,20). The number of urea groups is 1. The summed E-state index contributed by atoms with van der Waals surface area (Å²) >= 11 is 0. The monoisotopic (exact) mass is 305 g/mol. The summed E-state index contributed by atoms with van der Waals surface area (Å²) in [4.78, 5) is 22.1. The van der Waals surface area contributed by atoms with Crippen LogP contribution in [0.4, 0.5) is 18.0 Å². The van der Waals surface area contributed by atoms with Crippen LogP contribution in [0, 0.1) is 0 Å². The van der Waals surface area contributed by atoms with Crippen molar-refractivity contribution in [1.82, 2.24) is 10.6 Å². The molecule has 1 rings (SSSR count). The van der Waals surface area contributed by atoms with Crippen LogP contribution >= 0.6 is 0 Å². The first-order chi connectivity index (χ1) is 9.67. The Hall–Kier alpha value is -2.45. The zero-order valence-electron chi connectivity index (χ0n) is 11.0. The van der Waals surface area contributed by atoms with Crippen LogP contribution in [0.15, 0.2) is 24.3 Å². The van der Waals surface area contributed by atoms with Crippen LogP contribution in [-0.4, -0.2) is 24.3 Å². The average Bonchev–Trinajstić information content (AvgIpc) is 2.35. The molecule has 4 N–H and O–H groups in total. The summed E-state index contributed by atoms with van der Waals surface area (Å²) in [7, 11) is 0. The van der Waals surface area contributed by atoms with Crippen molar-refractivity contribution in [3.63, 3.8) is 0 Å². The molecule has 1 unspecified atom stereocenters. The summed E-state index contributed by atoms with van der Waals surface area (Å²) in [6.45, 7) is 1.54. The minimum Gasteiger partial charge on any atom is -0.406 e. The highest BCUT2D eigenvalue weighted by molar-refractivity contribution is 5.86. The van der Waals surface area contributed by atoms with Crippen molar-refractivity contribution in [3.05, 3.63) is 29.8 Å². The molecule has 0 spiro atoms. The molecule has 6 nitrogen and oxygen atoms in total. The minimum atomic E-state index is -4.74. The van der Waals surface area contributed by atoms with Crippen LogP contribution < -0.4 is 21.1 Å². The smallest absolute Gasteiger partial charge is 0.406 e. The molecule has 0 heterocycles. The van der Waals surface area contributed by atoms with Gasteiger partial charge in [-0.05, 0) is 24.6 Å². The Labute approximate surface area is 118 Å². The van der Waals surface area contributed by atoms with Crippen molar-refractivity contribution in [1.29, 1.82) is 0 Å². The van der Waals surface area contributed by atoms with Gasteiger partial charge in [0.2, 0.25) is 5.91 Å². The van der Waals surface area contributed by atoms with Gasteiger partial charge in [-0.1, -0.05) is 12.1 Å². The van der Waals surface area contributed by atoms with Crippen molar-refractivity contribution in [3.8, 4) is 5.75 Å². The predicted molar refractivity (Wildman–Crippen MR) is 67.2 cm³/mol. The van der Waals surface area contributed by atoms with Gasteiger partial charge >= 0.3 is 12.4 Å². The van der Waals surface area contributed by atoms with Gasteiger partial charge in [0.15, 0.2) is 0 Å². The van der Waals surface area contributed by atoms with E-state index in [1.807, 2.05) is 0 Å². The normalized spacial score (nSPS) is 12.4. The molecule has 0 bridgehead atoms. The second-order valence-electron chi connectivity index (χ2n) is 4.14. The quantitative estimate of drug-likeness (QED) is 0.764. The Morgan fingerprint density at radius 2 is 1.86 bits per heavy atom. The van der Waals surface area contributed by atoms with E-state index in [1.165, 1.54) is 19.1 Å². The second kappa shape index (κ2) is 6.82. The molecule has 0 aliphatic rings. The van der Waals surface area contributed by atoms with Gasteiger partial charge in [0.1, 0.15) is 11.8 Å². The fourth-order valence-corrected chi connectivity index (χ4v) is 1.43. The number of alkyl halides is 3. The zero-order valence-corrected chi connectivity index (χ0v) is 11.0. The lowest BCUT2D eigenvalue weighted by atomic mass is 10.2. The number of primary amides is 1. The number of rotatable bonds is 5. The van der Waals surface area contributed by atoms with Gasteiger partial charge in [0.25, 0.3) is 0 Å². The molecule has 1 atom stereocenters. The van der Waals surface area contributed by atoms with E-state index in [0.29, 0.717) is 5.56 Å². The number of benzene rings is 1. The maximum absolute atomic E-state index is 12.0. The van der Waals surface area contributed by atoms with Crippen LogP contribution in [-0.2, 0) is 11.3 Å². The summed E-state index contributed by atoms with van der Waals surface area (Å²) in [6.07, 6.45) is -4.74. The van der Waals surface area contributed by atoms with Crippen LogP contribution in [0.2, 0.25) is 0 Å². The number of nitrogens with two attached hydrogens (primary N) is 1. The van der Waals surface area contributed by atoms with Gasteiger partial charge in [-0.15, -0.1) is 13.2 Å². The number of carbonyl (C=O) groups excluding carboxylic acids is 2. The third kappa shape index (κ3) is 6.50. The summed E-state index contributed by atoms with van der Waals surface area (Å²) < 4.78 is 39.6. The molecule has 0 radical (unpaired) electrons. The topological polar surface area (TPSA) is 93.5 Å². The molecule has 0 fully saturated rings. The predicted octanol–water partition coefficient (Wildman–Crippen LogP) is 1.26. The van der Waals surface area contributed by atoms with Gasteiger partial charge in [0, 0.05) is 6.54 Å². The fourth-order valence-electron chi connectivity index (χ4n) is 1.43. The van der Waals surface area contributed by atoms with Crippen molar-refractivity contribution in [2.75, 3.05) is 0 Å². The molecule has 21 heavy (non-hydrogen) atoms. The molecule has 0 saturated carbocycles. The number of carbonyl (C=O) groups is 2. The van der Waals surface area contributed by atoms with Crippen molar-refractivity contribution < 1.29 is 27.5 Å². The van der Waals surface area contributed by atoms with E-state index in [4.69, 9.17) is 5.73 Å². The fraction of sp³-hybridized carbons (Fsp3) is 0.333. The third-order valence-electron chi connectivity index (χ3n) is 2.38. The van der Waals surface area contributed by atoms with Gasteiger partial charge in [-0.25, -0.2) is 4.79 Å². The van der Waals surface area contributed by atoms with Crippen LogP contribution in [0.5, 0.6) is 5.75 Å². The highest BCUT2D eigenvalue weighted by atomic mass is 19.4. The maximum Gasteiger partial charge on any atom is 0.573 e. The molecule has 0 saturated heterocycles. The Morgan fingerprint density at radius 3 is 2.33 bits per heavy atom. The first-order valence-electron chi connectivity index (χ1n) is 5.86. The summed E-state index contributed by atoms with van der Waals surface area (Å²) in [6, 6.07) is 3.41. The molecule has 0 aliphatic heterocycles. The van der Waals surface area contributed by atoms with Crippen molar-refractivity contribution >= 4 is 11.9 Å². The number of nitrogens with one attached hydrogen (secondary N) is 2. The van der Waals surface area contributed by atoms with E-state index in [0.717, 1.165) is 12.1 Å². The third-order valence-corrected chi connectivity index (χ3v) is 2.38. The molecule has 0 aliphatic carbocycles. The summed E-state index contributed by atoms with van der Waals surface area (Å²) in [5.41, 5.74) is 5.44. The van der Waals surface area contributed by atoms with Crippen molar-refractivity contribution in [2.45, 2.75) is 25.9 Å². The molecule has 3 amide bonds. The molecule has 9 heteroatoms. The highest BCUT2D eigenvalue weighted by Gasteiger charge is 2.30. The maximum atomic E-state index is 12.0. The van der Waals surface area contributed by atoms with E-state index in [-0.39, 0.29) is 12.3 Å². The number of hydrogen-bond acceptors (Lipinski definition) is 3. The van der Waals surface area contributed by atoms with Crippen LogP contribution in [0.1, 0.15) is 12.5 Å². The number of amides is 3. The molecule has 1 aromatic rings. The van der Waals surface area contributed by atoms with Crippen LogP contribution in [0.25, 0.3) is 0 Å². The molecular weight excluding hydrogens is 291 g/mol. The van der Waals surface area contributed by atoms with E-state index in [2.05, 4.69) is 15.4 Å². The van der Waals surface area contributed by atoms with Crippen LogP contribution in [0.3, 0.4) is 0 Å². The van der Waals surface area contributed by atoms with Gasteiger partial charge < -0.3 is 21.1 Å². The number of hydrogen-bond donors (Lipinski definition) is 3. The zero-order chi connectivity index (χ0) is 16.0. The lowest BCUT2D eigenvalue weighted by molar-refractivity contribution is -0.274. The van der Waals surface area contributed by atoms with Gasteiger partial charge in [-0.3, -0.25) is 4.79 Å². The highest BCUT2D eigenvalue weighted by Crippen LogP contribution is 2.22. The Morgan fingerprint density at radius 1 is 1.29 bits per heavy atom. The average molecular weight is 305 g/mol. The Kier molecular flexibility index (Phi) is 5.39. The van der Waals surface area contributed by atoms with Gasteiger partial charge in [0.05, 0.1) is 0 Å². The summed E-state index contributed by atoms with van der Waals surface area (Å²) in [5, 5.41) is 4.69. The number of halogens is 3. The Balaban J connectivity index is 2.49. The molecule has 116 valence electrons. The van der Waals surface area contributed by atoms with E-state index < -0.39 is 24.3 Å². The molecule has 1 aromatic carbocycles. The first-order valence-corrected chi connectivity index (χ1v) is 5.86. The second-order valence-corrected chi connectivity index (χ2v) is 4.14. The summed E-state index contributed by atoms with van der Waals surface area (Å²) in [5.74, 6) is -0.814. The SMILES string of the molecule is CC(NC(N)=O)C(=O)NCc1ccc(OC(F)(F)F)cc1. The first kappa shape index (κ1) is 16.6. The van der Waals surface area contributed by atoms with E-state index in [1.54, 1.807) is 0 Å². The molecular formula is C12H14F3N3O3. The minimum absolute atomic E-state index is 0.0932. The Bertz CT molecular complexity index is 503. The van der Waals surface area contributed by atoms with E-state index >= 15 is 0 Å². The van der Waals surface area contributed by atoms with Crippen molar-refractivity contribution in [2.24, 2.45) is 5.73 Å². The molecule has 0 aromatic heterocycles. The van der Waals surface area contributed by atoms with E-state index in [9.17, 15) is 22.8 Å². The lowest BCUT2D eigenvalue weighted by Gasteiger charge is -2.13. The lowest BCUT2D eigenvalue weighted by Crippen LogP contribution is -2.46.